The summed E-state index contributed by atoms with van der Waals surface area (Å²) >= 11 is 0. The second-order valence-corrected chi connectivity index (χ2v) is 14.5. The number of allylic oxidation sites excluding steroid dienone is 1. The Morgan fingerprint density at radius 2 is 1.72 bits per heavy atom. The van der Waals surface area contributed by atoms with E-state index in [9.17, 15) is 24.6 Å². The van der Waals surface area contributed by atoms with Gasteiger partial charge in [-0.2, -0.15) is 0 Å². The molecule has 1 aromatic heterocycles. The van der Waals surface area contributed by atoms with Gasteiger partial charge >= 0.3 is 0 Å². The average molecular weight is 723 g/mol. The van der Waals surface area contributed by atoms with Gasteiger partial charge in [-0.15, -0.1) is 0 Å². The van der Waals surface area contributed by atoms with Crippen LogP contribution in [0.25, 0.3) is 0 Å². The van der Waals surface area contributed by atoms with Crippen molar-refractivity contribution < 1.29 is 43.0 Å². The minimum Gasteiger partial charge on any atom is -0.508 e. The molecule has 3 aliphatic carbocycles. The van der Waals surface area contributed by atoms with Gasteiger partial charge in [0.25, 0.3) is 5.88 Å². The maximum Gasteiger partial charge on any atom is 0.265 e. The molecule has 3 aromatic carbocycles. The first-order valence-corrected chi connectivity index (χ1v) is 17.6. The van der Waals surface area contributed by atoms with E-state index in [1.54, 1.807) is 19.0 Å². The minimum atomic E-state index is -2.57. The molecule has 0 bridgehead atoms. The Morgan fingerprint density at radius 1 is 1.06 bits per heavy atom. The summed E-state index contributed by atoms with van der Waals surface area (Å²) in [5, 5.41) is 31.4. The smallest absolute Gasteiger partial charge is 0.265 e. The van der Waals surface area contributed by atoms with Crippen LogP contribution < -0.4 is 14.8 Å². The Hall–Kier alpha value is -5.37. The van der Waals surface area contributed by atoms with Crippen molar-refractivity contribution in [2.24, 2.45) is 11.8 Å². The SMILES string of the molecule is CN(C)[C@@H]1c2onc(OCc3ccccc3)c2C(=O)[C@@]2(O)C(O)=C3C(=O)c4c(c(F)cc(NC(=O)[C@@H]5CCN5C)c4OCc4ccccc4)C[C@H]3C[C@@H]12. The number of benzene rings is 3. The number of aromatic nitrogens is 1. The molecule has 0 saturated carbocycles. The van der Waals surface area contributed by atoms with Crippen molar-refractivity contribution in [1.82, 2.24) is 15.0 Å². The molecule has 3 N–H and O–H groups in total. The Labute approximate surface area is 304 Å². The number of aliphatic hydroxyl groups is 2. The highest BCUT2D eigenvalue weighted by molar-refractivity contribution is 6.17. The van der Waals surface area contributed by atoms with Crippen LogP contribution in [0.1, 0.15) is 62.1 Å². The minimum absolute atomic E-state index is 0.0100. The highest BCUT2D eigenvalue weighted by Gasteiger charge is 2.64. The zero-order valence-electron chi connectivity index (χ0n) is 29.5. The van der Waals surface area contributed by atoms with E-state index in [4.69, 9.17) is 14.0 Å². The second-order valence-electron chi connectivity index (χ2n) is 14.5. The van der Waals surface area contributed by atoms with Crippen molar-refractivity contribution in [3.8, 4) is 11.6 Å². The molecule has 1 amide bonds. The molecule has 1 aliphatic heterocycles. The van der Waals surface area contributed by atoms with Crippen molar-refractivity contribution in [3.63, 3.8) is 0 Å². The van der Waals surface area contributed by atoms with Crippen LogP contribution >= 0.6 is 0 Å². The first-order chi connectivity index (χ1) is 25.5. The van der Waals surface area contributed by atoms with Gasteiger partial charge in [0.2, 0.25) is 11.7 Å². The number of likely N-dealkylation sites (tertiary alicyclic amines) is 1. The van der Waals surface area contributed by atoms with Crippen LogP contribution in [-0.2, 0) is 24.4 Å². The number of amides is 1. The van der Waals surface area contributed by atoms with E-state index in [2.05, 4.69) is 10.5 Å². The number of hydrogen-bond acceptors (Lipinski definition) is 11. The molecule has 4 aromatic rings. The van der Waals surface area contributed by atoms with E-state index in [-0.39, 0.29) is 77.3 Å². The predicted octanol–water partition coefficient (Wildman–Crippen LogP) is 5.03. The van der Waals surface area contributed by atoms with Gasteiger partial charge in [-0.25, -0.2) is 4.39 Å². The number of halogens is 1. The molecular weight excluding hydrogens is 683 g/mol. The maximum absolute atomic E-state index is 16.2. The summed E-state index contributed by atoms with van der Waals surface area (Å²) in [6, 6.07) is 18.3. The van der Waals surface area contributed by atoms with Gasteiger partial charge in [0, 0.05) is 29.7 Å². The Morgan fingerprint density at radius 3 is 2.32 bits per heavy atom. The quantitative estimate of drug-likeness (QED) is 0.213. The van der Waals surface area contributed by atoms with E-state index in [0.29, 0.717) is 6.42 Å². The number of aliphatic hydroxyl groups excluding tert-OH is 1. The molecule has 0 radical (unpaired) electrons. The van der Waals surface area contributed by atoms with Gasteiger partial charge < -0.3 is 29.5 Å². The number of carbonyl (C=O) groups is 3. The molecule has 274 valence electrons. The number of hydrogen-bond donors (Lipinski definition) is 3. The Balaban J connectivity index is 1.22. The number of carbonyl (C=O) groups excluding carboxylic acids is 3. The average Bonchev–Trinajstić information content (AvgIpc) is 3.55. The van der Waals surface area contributed by atoms with Crippen molar-refractivity contribution >= 4 is 23.2 Å². The summed E-state index contributed by atoms with van der Waals surface area (Å²) in [4.78, 5) is 46.0. The molecular formula is C40H39FN4O8. The Bertz CT molecular complexity index is 2150. The molecule has 0 unspecified atom stereocenters. The van der Waals surface area contributed by atoms with Gasteiger partial charge in [-0.05, 0) is 62.6 Å². The fourth-order valence-corrected chi connectivity index (χ4v) is 8.30. The van der Waals surface area contributed by atoms with Gasteiger partial charge in [-0.3, -0.25) is 24.2 Å². The van der Waals surface area contributed by atoms with Gasteiger partial charge in [-0.1, -0.05) is 60.7 Å². The largest absolute Gasteiger partial charge is 0.508 e. The lowest BCUT2D eigenvalue weighted by Crippen LogP contribution is -2.59. The molecule has 4 aliphatic rings. The van der Waals surface area contributed by atoms with Gasteiger partial charge in [0.1, 0.15) is 30.4 Å². The van der Waals surface area contributed by atoms with Crippen LogP contribution in [0.15, 0.2) is 82.6 Å². The number of Topliss-reactive ketones (excluding diaryl/α,β-unsaturated/α-hetero) is 2. The number of rotatable bonds is 9. The van der Waals surface area contributed by atoms with Crippen LogP contribution in [0.3, 0.4) is 0 Å². The first-order valence-electron chi connectivity index (χ1n) is 17.6. The number of nitrogens with one attached hydrogen (secondary N) is 1. The summed E-state index contributed by atoms with van der Waals surface area (Å²) in [5.41, 5.74) is -1.49. The lowest BCUT2D eigenvalue weighted by molar-refractivity contribution is -0.124. The summed E-state index contributed by atoms with van der Waals surface area (Å²) in [6.07, 6.45) is 0.608. The first kappa shape index (κ1) is 34.7. The van der Waals surface area contributed by atoms with E-state index in [0.717, 1.165) is 17.7 Å². The van der Waals surface area contributed by atoms with Crippen LogP contribution in [0, 0.1) is 17.7 Å². The molecule has 0 spiro atoms. The van der Waals surface area contributed by atoms with Crippen molar-refractivity contribution in [1.29, 1.82) is 0 Å². The van der Waals surface area contributed by atoms with E-state index in [1.165, 1.54) is 6.07 Å². The topological polar surface area (TPSA) is 155 Å². The molecule has 1 fully saturated rings. The fraction of sp³-hybridized carbons (Fsp3) is 0.350. The fourth-order valence-electron chi connectivity index (χ4n) is 8.30. The summed E-state index contributed by atoms with van der Waals surface area (Å²) in [5.74, 6) is -5.44. The molecule has 8 rings (SSSR count). The summed E-state index contributed by atoms with van der Waals surface area (Å²) in [6.45, 7) is 0.777. The maximum atomic E-state index is 16.2. The molecule has 13 heteroatoms. The van der Waals surface area contributed by atoms with Crippen LogP contribution in [0.4, 0.5) is 10.1 Å². The van der Waals surface area contributed by atoms with Crippen LogP contribution in [0.2, 0.25) is 0 Å². The van der Waals surface area contributed by atoms with Crippen LogP contribution in [-0.4, -0.2) is 82.0 Å². The van der Waals surface area contributed by atoms with Crippen molar-refractivity contribution in [2.45, 2.75) is 50.2 Å². The summed E-state index contributed by atoms with van der Waals surface area (Å²) in [7, 11) is 5.29. The highest BCUT2D eigenvalue weighted by atomic mass is 19.1. The van der Waals surface area contributed by atoms with Gasteiger partial charge in [0.05, 0.1) is 23.3 Å². The second kappa shape index (κ2) is 13.2. The van der Waals surface area contributed by atoms with E-state index in [1.807, 2.05) is 72.6 Å². The number of ether oxygens (including phenoxy) is 2. The third-order valence-corrected chi connectivity index (χ3v) is 11.1. The number of likely N-dealkylation sites (N-methyl/N-ethyl adjacent to an activating group) is 1. The Kier molecular flexibility index (Phi) is 8.67. The third-order valence-electron chi connectivity index (χ3n) is 11.1. The zero-order chi connectivity index (χ0) is 37.2. The number of anilines is 1. The monoisotopic (exact) mass is 722 g/mol. The zero-order valence-corrected chi connectivity index (χ0v) is 29.5. The molecule has 5 atom stereocenters. The lowest BCUT2D eigenvalue weighted by Gasteiger charge is -2.49. The molecule has 2 heterocycles. The third kappa shape index (κ3) is 5.61. The molecule has 12 nitrogen and oxygen atoms in total. The number of ketones is 2. The van der Waals surface area contributed by atoms with E-state index < -0.39 is 52.7 Å². The predicted molar refractivity (Wildman–Crippen MR) is 189 cm³/mol. The van der Waals surface area contributed by atoms with Crippen molar-refractivity contribution in [2.75, 3.05) is 33.0 Å². The van der Waals surface area contributed by atoms with Crippen LogP contribution in [0.5, 0.6) is 11.6 Å². The van der Waals surface area contributed by atoms with Gasteiger partial charge in [0.15, 0.2) is 22.9 Å². The molecule has 53 heavy (non-hydrogen) atoms. The normalized spacial score (nSPS) is 24.9. The van der Waals surface area contributed by atoms with E-state index >= 15 is 4.39 Å². The lowest BCUT2D eigenvalue weighted by atomic mass is 9.58. The summed E-state index contributed by atoms with van der Waals surface area (Å²) < 4.78 is 34.1. The van der Waals surface area contributed by atoms with Crippen molar-refractivity contribution in [3.05, 3.63) is 117 Å². The standard InChI is InChI=1S/C40H39FN4O8/c1-44(2)32-25-17-23-16-24-26(41)18-27(42-38(49)28-14-15-45(28)3)34(51-19-21-10-6-4-7-11-21)30(24)33(46)29(23)36(47)40(25,50)37(48)31-35(32)53-43-39(31)52-20-22-12-8-5-9-13-22/h4-13,18,23,25,28,32,47,50H,14-17,19-20H2,1-3H3,(H,42,49)/t23-,25-,28-,32-,40-/m0/s1. The number of nitrogens with zero attached hydrogens (tertiary/aromatic N) is 3. The number of fused-ring (bicyclic) bond motifs is 4. The molecule has 1 saturated heterocycles. The highest BCUT2D eigenvalue weighted by Crippen LogP contribution is 2.57.